The van der Waals surface area contributed by atoms with Gasteiger partial charge in [0.25, 0.3) is 0 Å². The summed E-state index contributed by atoms with van der Waals surface area (Å²) < 4.78 is 1.90. The molecule has 0 aliphatic heterocycles. The van der Waals surface area contributed by atoms with Crippen molar-refractivity contribution < 1.29 is 4.79 Å². The van der Waals surface area contributed by atoms with Crippen LogP contribution >= 0.6 is 0 Å². The molecule has 0 bridgehead atoms. The fourth-order valence-electron chi connectivity index (χ4n) is 3.72. The van der Waals surface area contributed by atoms with E-state index in [0.717, 1.165) is 40.9 Å². The summed E-state index contributed by atoms with van der Waals surface area (Å²) in [6.07, 6.45) is 3.57. The quantitative estimate of drug-likeness (QED) is 0.501. The maximum atomic E-state index is 13.3. The number of ketones is 1. The summed E-state index contributed by atoms with van der Waals surface area (Å²) in [7, 11) is 0. The van der Waals surface area contributed by atoms with Gasteiger partial charge in [0, 0.05) is 30.0 Å². The van der Waals surface area contributed by atoms with Gasteiger partial charge < -0.3 is 0 Å². The molecule has 1 saturated carbocycles. The van der Waals surface area contributed by atoms with E-state index >= 15 is 0 Å². The highest BCUT2D eigenvalue weighted by atomic mass is 16.1. The predicted molar refractivity (Wildman–Crippen MR) is 114 cm³/mol. The van der Waals surface area contributed by atoms with E-state index in [0.29, 0.717) is 24.3 Å². The van der Waals surface area contributed by atoms with Crippen LogP contribution in [0, 0.1) is 17.2 Å². The molecule has 4 nitrogen and oxygen atoms in total. The summed E-state index contributed by atoms with van der Waals surface area (Å²) in [5.74, 6) is 0.723. The Balaban J connectivity index is 1.85. The largest absolute Gasteiger partial charge is 0.292 e. The molecule has 1 aliphatic rings. The lowest BCUT2D eigenvalue weighted by atomic mass is 9.96. The van der Waals surface area contributed by atoms with Gasteiger partial charge in [0.1, 0.15) is 5.69 Å². The van der Waals surface area contributed by atoms with E-state index in [1.165, 1.54) is 0 Å². The minimum atomic E-state index is 0.0924. The Labute approximate surface area is 171 Å². The first-order valence-corrected chi connectivity index (χ1v) is 10.3. The van der Waals surface area contributed by atoms with E-state index in [1.54, 1.807) is 0 Å². The van der Waals surface area contributed by atoms with Crippen LogP contribution in [0.5, 0.6) is 0 Å². The van der Waals surface area contributed by atoms with E-state index in [9.17, 15) is 4.79 Å². The first-order valence-electron chi connectivity index (χ1n) is 10.3. The number of hydrogen-bond acceptors (Lipinski definition) is 3. The lowest BCUT2D eigenvalue weighted by molar-refractivity contribution is 0.0963. The van der Waals surface area contributed by atoms with Crippen molar-refractivity contribution in [1.82, 2.24) is 9.78 Å². The van der Waals surface area contributed by atoms with Crippen molar-refractivity contribution in [3.8, 4) is 17.3 Å². The third-order valence-electron chi connectivity index (χ3n) is 5.44. The van der Waals surface area contributed by atoms with Gasteiger partial charge in [-0.1, -0.05) is 42.5 Å². The molecule has 0 unspecified atom stereocenters. The fraction of sp³-hybridized carbons (Fsp3) is 0.320. The molecule has 4 heteroatoms. The molecule has 1 fully saturated rings. The third kappa shape index (κ3) is 4.14. The minimum Gasteiger partial charge on any atom is -0.292 e. The second kappa shape index (κ2) is 8.05. The molecule has 146 valence electrons. The van der Waals surface area contributed by atoms with Gasteiger partial charge >= 0.3 is 0 Å². The van der Waals surface area contributed by atoms with Gasteiger partial charge in [0.05, 0.1) is 17.3 Å². The summed E-state index contributed by atoms with van der Waals surface area (Å²) >= 11 is 0. The Morgan fingerprint density at radius 1 is 1.14 bits per heavy atom. The van der Waals surface area contributed by atoms with Crippen molar-refractivity contribution >= 4 is 5.78 Å². The highest BCUT2D eigenvalue weighted by Crippen LogP contribution is 2.36. The number of hydrogen-bond donors (Lipinski definition) is 0. The predicted octanol–water partition coefficient (Wildman–Crippen LogP) is 5.58. The Bertz CT molecular complexity index is 1050. The minimum absolute atomic E-state index is 0.0924. The first kappa shape index (κ1) is 19.1. The molecule has 3 aromatic rings. The van der Waals surface area contributed by atoms with Gasteiger partial charge in [0.15, 0.2) is 5.78 Å². The van der Waals surface area contributed by atoms with E-state index in [2.05, 4.69) is 32.0 Å². The van der Waals surface area contributed by atoms with E-state index in [4.69, 9.17) is 10.4 Å². The van der Waals surface area contributed by atoms with E-state index < -0.39 is 0 Å². The molecule has 0 amide bonds. The van der Waals surface area contributed by atoms with Crippen molar-refractivity contribution in [3.63, 3.8) is 0 Å². The van der Waals surface area contributed by atoms with E-state index in [1.807, 2.05) is 47.1 Å². The van der Waals surface area contributed by atoms with Crippen molar-refractivity contribution in [1.29, 1.82) is 5.26 Å². The third-order valence-corrected chi connectivity index (χ3v) is 5.44. The highest BCUT2D eigenvalue weighted by Gasteiger charge is 2.30. The van der Waals surface area contributed by atoms with Crippen LogP contribution in [0.4, 0.5) is 0 Å². The van der Waals surface area contributed by atoms with Crippen molar-refractivity contribution in [2.24, 2.45) is 5.92 Å². The Hall–Kier alpha value is -3.19. The van der Waals surface area contributed by atoms with Gasteiger partial charge in [-0.15, -0.1) is 0 Å². The van der Waals surface area contributed by atoms with Gasteiger partial charge in [-0.25, -0.2) is 0 Å². The summed E-state index contributed by atoms with van der Waals surface area (Å²) in [5, 5.41) is 14.0. The zero-order valence-electron chi connectivity index (χ0n) is 16.9. The van der Waals surface area contributed by atoms with Gasteiger partial charge in [-0.05, 0) is 50.3 Å². The molecule has 4 rings (SSSR count). The second-order valence-corrected chi connectivity index (χ2v) is 8.14. The molecule has 0 spiro atoms. The zero-order chi connectivity index (χ0) is 20.4. The Kier molecular flexibility index (Phi) is 5.31. The number of benzene rings is 2. The van der Waals surface area contributed by atoms with Gasteiger partial charge in [-0.2, -0.15) is 10.4 Å². The smallest absolute Gasteiger partial charge is 0.181 e. The molecule has 0 saturated heterocycles. The molecular weight excluding hydrogens is 358 g/mol. The van der Waals surface area contributed by atoms with Crippen molar-refractivity contribution in [2.45, 2.75) is 45.6 Å². The average molecular weight is 383 g/mol. The Morgan fingerprint density at radius 2 is 1.83 bits per heavy atom. The van der Waals surface area contributed by atoms with Crippen LogP contribution in [0.1, 0.15) is 66.3 Å². The van der Waals surface area contributed by atoms with Crippen molar-refractivity contribution in [2.75, 3.05) is 0 Å². The summed E-state index contributed by atoms with van der Waals surface area (Å²) in [6, 6.07) is 19.9. The highest BCUT2D eigenvalue weighted by molar-refractivity contribution is 5.98. The van der Waals surface area contributed by atoms with Crippen LogP contribution in [-0.4, -0.2) is 15.6 Å². The number of aromatic nitrogens is 2. The maximum Gasteiger partial charge on any atom is 0.181 e. The summed E-state index contributed by atoms with van der Waals surface area (Å²) in [4.78, 5) is 13.3. The summed E-state index contributed by atoms with van der Waals surface area (Å²) in [5.41, 5.74) is 5.29. The number of nitrogens with zero attached hydrogens (tertiary/aromatic N) is 3. The van der Waals surface area contributed by atoms with Crippen LogP contribution in [0.15, 0.2) is 54.6 Å². The van der Waals surface area contributed by atoms with E-state index in [-0.39, 0.29) is 11.8 Å². The van der Waals surface area contributed by atoms with Crippen LogP contribution in [0.3, 0.4) is 0 Å². The normalized spacial score (nSPS) is 13.4. The number of carbonyl (C=O) groups is 1. The van der Waals surface area contributed by atoms with Crippen LogP contribution in [-0.2, 0) is 6.42 Å². The van der Waals surface area contributed by atoms with Gasteiger partial charge in [0.2, 0.25) is 0 Å². The molecule has 0 N–H and O–H groups in total. The molecule has 0 radical (unpaired) electrons. The van der Waals surface area contributed by atoms with Crippen molar-refractivity contribution in [3.05, 3.63) is 77.0 Å². The topological polar surface area (TPSA) is 58.7 Å². The molecule has 0 atom stereocenters. The number of nitriles is 1. The van der Waals surface area contributed by atoms with Crippen LogP contribution in [0.2, 0.25) is 0 Å². The number of Topliss-reactive ketones (excluding diaryl/α,β-unsaturated/α-hetero) is 1. The van der Waals surface area contributed by atoms with Crippen LogP contribution < -0.4 is 0 Å². The standard InChI is InChI=1S/C25H25N3O/c1-17(2)28-25(23(29)15-19-8-9-19)22(14-18-6-4-3-5-7-18)24(27-28)21-12-10-20(16-26)11-13-21/h3-7,10-13,17,19H,8-9,14-15H2,1-2H3. The maximum absolute atomic E-state index is 13.3. The number of carbonyl (C=O) groups excluding carboxylic acids is 1. The molecule has 1 aromatic heterocycles. The molecule has 1 aliphatic carbocycles. The Morgan fingerprint density at radius 3 is 2.41 bits per heavy atom. The molecular formula is C25H25N3O. The van der Waals surface area contributed by atoms with Crippen LogP contribution in [0.25, 0.3) is 11.3 Å². The zero-order valence-corrected chi connectivity index (χ0v) is 16.9. The lowest BCUT2D eigenvalue weighted by Gasteiger charge is -2.12. The fourth-order valence-corrected chi connectivity index (χ4v) is 3.72. The first-order chi connectivity index (χ1) is 14.1. The molecule has 29 heavy (non-hydrogen) atoms. The lowest BCUT2D eigenvalue weighted by Crippen LogP contribution is -2.15. The molecule has 2 aromatic carbocycles. The monoisotopic (exact) mass is 383 g/mol. The average Bonchev–Trinajstić information content (AvgIpc) is 3.46. The SMILES string of the molecule is CC(C)n1nc(-c2ccc(C#N)cc2)c(Cc2ccccc2)c1C(=O)CC1CC1. The summed E-state index contributed by atoms with van der Waals surface area (Å²) in [6.45, 7) is 4.13. The second-order valence-electron chi connectivity index (χ2n) is 8.14. The van der Waals surface area contributed by atoms with Gasteiger partial charge in [-0.3, -0.25) is 9.48 Å². The number of rotatable bonds is 7. The molecule has 1 heterocycles.